The molecule has 0 heterocycles. The summed E-state index contributed by atoms with van der Waals surface area (Å²) < 4.78 is 15.7. The molecule has 0 bridgehead atoms. The Morgan fingerprint density at radius 3 is 1.56 bits per heavy atom. The molecule has 0 unspecified atom stereocenters. The van der Waals surface area contributed by atoms with E-state index < -0.39 is 26.6 Å². The Hall–Kier alpha value is -0.720. The van der Waals surface area contributed by atoms with Crippen LogP contribution in [0.25, 0.3) is 0 Å². The molecule has 0 fully saturated rings. The zero-order valence-corrected chi connectivity index (χ0v) is 26.2. The maximum atomic E-state index is 12.4. The van der Waals surface area contributed by atoms with Crippen LogP contribution in [-0.2, 0) is 13.9 Å². The molecule has 8 heteroatoms. The second-order valence-corrected chi connectivity index (χ2v) is 12.4. The number of unbranched alkanes of at least 4 members (excludes halogenated alkanes) is 20. The molecule has 0 aromatic carbocycles. The van der Waals surface area contributed by atoms with Crippen molar-refractivity contribution >= 4 is 13.7 Å². The standard InChI is InChI=1S/C31H62NO6P/c1-3-5-7-9-11-13-14-15-16-17-19-20-22-24-26-30(33)29(28-38-39(35,36)37)32-31(34)27-25-23-21-18-12-10-8-6-4-2/h24,26,29-30,33H,3-23,25,27-28H2,1-2H3,(H,32,34)(H2,35,36,37)/b26-24+/t29-,30+/m0/s1. The van der Waals surface area contributed by atoms with Crippen LogP contribution in [0.2, 0.25) is 0 Å². The van der Waals surface area contributed by atoms with Crippen LogP contribution in [0.1, 0.15) is 162 Å². The fourth-order valence-corrected chi connectivity index (χ4v) is 5.11. The third kappa shape index (κ3) is 28.6. The van der Waals surface area contributed by atoms with Crippen LogP contribution in [0, 0.1) is 0 Å². The highest BCUT2D eigenvalue weighted by Gasteiger charge is 2.24. The number of carbonyl (C=O) groups excluding carboxylic acids is 1. The number of aliphatic hydroxyl groups excluding tert-OH is 1. The van der Waals surface area contributed by atoms with Crippen molar-refractivity contribution in [1.29, 1.82) is 0 Å². The van der Waals surface area contributed by atoms with Crippen molar-refractivity contribution in [2.45, 2.75) is 174 Å². The van der Waals surface area contributed by atoms with Gasteiger partial charge < -0.3 is 20.2 Å². The number of nitrogens with one attached hydrogen (secondary N) is 1. The molecule has 0 radical (unpaired) electrons. The van der Waals surface area contributed by atoms with E-state index in [-0.39, 0.29) is 5.91 Å². The third-order valence-electron chi connectivity index (χ3n) is 7.25. The molecule has 0 saturated carbocycles. The molecule has 39 heavy (non-hydrogen) atoms. The van der Waals surface area contributed by atoms with Crippen molar-refractivity contribution in [3.05, 3.63) is 12.2 Å². The lowest BCUT2D eigenvalue weighted by molar-refractivity contribution is -0.123. The molecule has 1 amide bonds. The van der Waals surface area contributed by atoms with Gasteiger partial charge in [0.25, 0.3) is 0 Å². The lowest BCUT2D eigenvalue weighted by atomic mass is 10.0. The van der Waals surface area contributed by atoms with Gasteiger partial charge in [0, 0.05) is 6.42 Å². The van der Waals surface area contributed by atoms with Gasteiger partial charge in [-0.05, 0) is 19.3 Å². The van der Waals surface area contributed by atoms with Gasteiger partial charge in [0.1, 0.15) is 0 Å². The average molecular weight is 576 g/mol. The molecule has 2 atom stereocenters. The molecule has 0 spiro atoms. The summed E-state index contributed by atoms with van der Waals surface area (Å²) in [5.41, 5.74) is 0. The molecule has 0 aliphatic carbocycles. The minimum atomic E-state index is -4.70. The largest absolute Gasteiger partial charge is 0.469 e. The number of aliphatic hydroxyl groups is 1. The molecular formula is C31H62NO6P. The lowest BCUT2D eigenvalue weighted by Crippen LogP contribution is -2.45. The molecule has 0 saturated heterocycles. The summed E-state index contributed by atoms with van der Waals surface area (Å²) in [6.45, 7) is 4.02. The number of phosphoric ester groups is 1. The Bertz CT molecular complexity index is 624. The molecule has 232 valence electrons. The first-order valence-corrected chi connectivity index (χ1v) is 17.7. The quantitative estimate of drug-likeness (QED) is 0.0404. The fourth-order valence-electron chi connectivity index (χ4n) is 4.75. The van der Waals surface area contributed by atoms with Gasteiger partial charge >= 0.3 is 7.82 Å². The first-order chi connectivity index (χ1) is 18.8. The van der Waals surface area contributed by atoms with E-state index in [0.29, 0.717) is 6.42 Å². The van der Waals surface area contributed by atoms with Crippen LogP contribution in [-0.4, -0.2) is 39.6 Å². The summed E-state index contributed by atoms with van der Waals surface area (Å²) in [6, 6.07) is -0.901. The van der Waals surface area contributed by atoms with Crippen LogP contribution < -0.4 is 5.32 Å². The molecular weight excluding hydrogens is 513 g/mol. The number of allylic oxidation sites excluding steroid dienone is 1. The van der Waals surface area contributed by atoms with Gasteiger partial charge in [-0.25, -0.2) is 4.57 Å². The van der Waals surface area contributed by atoms with Gasteiger partial charge in [-0.15, -0.1) is 0 Å². The van der Waals surface area contributed by atoms with Crippen molar-refractivity contribution in [1.82, 2.24) is 5.32 Å². The highest BCUT2D eigenvalue weighted by molar-refractivity contribution is 7.46. The number of carbonyl (C=O) groups is 1. The Morgan fingerprint density at radius 2 is 1.13 bits per heavy atom. The highest BCUT2D eigenvalue weighted by atomic mass is 31.2. The minimum absolute atomic E-state index is 0.231. The second-order valence-electron chi connectivity index (χ2n) is 11.1. The number of amides is 1. The Labute approximate surface area is 240 Å². The Balaban J connectivity index is 4.12. The topological polar surface area (TPSA) is 116 Å². The molecule has 7 nitrogen and oxygen atoms in total. The molecule has 0 aromatic heterocycles. The number of hydrogen-bond donors (Lipinski definition) is 4. The smallest absolute Gasteiger partial charge is 0.387 e. The normalized spacial score (nSPS) is 13.7. The highest BCUT2D eigenvalue weighted by Crippen LogP contribution is 2.35. The van der Waals surface area contributed by atoms with Gasteiger partial charge in [-0.3, -0.25) is 9.32 Å². The Morgan fingerprint density at radius 1 is 0.718 bits per heavy atom. The van der Waals surface area contributed by atoms with Crippen LogP contribution in [0.4, 0.5) is 0 Å². The van der Waals surface area contributed by atoms with Crippen molar-refractivity contribution in [2.24, 2.45) is 0 Å². The van der Waals surface area contributed by atoms with E-state index in [1.807, 2.05) is 6.08 Å². The van der Waals surface area contributed by atoms with Gasteiger partial charge in [-0.2, -0.15) is 0 Å². The maximum absolute atomic E-state index is 12.4. The van der Waals surface area contributed by atoms with Crippen molar-refractivity contribution in [3.63, 3.8) is 0 Å². The van der Waals surface area contributed by atoms with Crippen molar-refractivity contribution in [2.75, 3.05) is 6.61 Å². The number of hydrogen-bond acceptors (Lipinski definition) is 4. The summed E-state index contributed by atoms with van der Waals surface area (Å²) in [4.78, 5) is 30.5. The van der Waals surface area contributed by atoms with E-state index in [1.165, 1.54) is 103 Å². The van der Waals surface area contributed by atoms with Gasteiger partial charge in [0.2, 0.25) is 5.91 Å². The molecule has 0 rings (SSSR count). The molecule has 0 aliphatic rings. The van der Waals surface area contributed by atoms with Gasteiger partial charge in [-0.1, -0.05) is 148 Å². The second kappa shape index (κ2) is 27.4. The summed E-state index contributed by atoms with van der Waals surface area (Å²) in [7, 11) is -4.70. The van der Waals surface area contributed by atoms with Crippen LogP contribution in [0.15, 0.2) is 12.2 Å². The first kappa shape index (κ1) is 38.3. The third-order valence-corrected chi connectivity index (χ3v) is 7.73. The predicted molar refractivity (Wildman–Crippen MR) is 163 cm³/mol. The first-order valence-electron chi connectivity index (χ1n) is 16.1. The number of phosphoric acid groups is 1. The lowest BCUT2D eigenvalue weighted by Gasteiger charge is -2.22. The predicted octanol–water partition coefficient (Wildman–Crippen LogP) is 8.51. The van der Waals surface area contributed by atoms with E-state index in [1.54, 1.807) is 6.08 Å². The van der Waals surface area contributed by atoms with E-state index in [2.05, 4.69) is 23.7 Å². The average Bonchev–Trinajstić information content (AvgIpc) is 2.89. The maximum Gasteiger partial charge on any atom is 0.469 e. The summed E-state index contributed by atoms with van der Waals surface area (Å²) in [6.07, 6.45) is 29.4. The minimum Gasteiger partial charge on any atom is -0.387 e. The van der Waals surface area contributed by atoms with Crippen LogP contribution in [0.5, 0.6) is 0 Å². The zero-order valence-electron chi connectivity index (χ0n) is 25.3. The van der Waals surface area contributed by atoms with E-state index in [9.17, 15) is 14.5 Å². The SMILES string of the molecule is CCCCCCCCCCCCCC/C=C/[C@@H](O)[C@H](COP(=O)(O)O)NC(=O)CCCCCCCCCCC. The van der Waals surface area contributed by atoms with E-state index in [4.69, 9.17) is 9.79 Å². The summed E-state index contributed by atoms with van der Waals surface area (Å²) in [5.74, 6) is -0.231. The summed E-state index contributed by atoms with van der Waals surface area (Å²) >= 11 is 0. The van der Waals surface area contributed by atoms with Crippen molar-refractivity contribution in [3.8, 4) is 0 Å². The molecule has 4 N–H and O–H groups in total. The number of rotatable bonds is 29. The molecule has 0 aromatic rings. The van der Waals surface area contributed by atoms with Crippen LogP contribution >= 0.6 is 7.82 Å². The van der Waals surface area contributed by atoms with Gasteiger partial charge in [0.15, 0.2) is 0 Å². The Kier molecular flexibility index (Phi) is 26.9. The van der Waals surface area contributed by atoms with E-state index in [0.717, 1.165) is 38.5 Å². The fraction of sp³-hybridized carbons (Fsp3) is 0.903. The monoisotopic (exact) mass is 575 g/mol. The van der Waals surface area contributed by atoms with Gasteiger partial charge in [0.05, 0.1) is 18.8 Å². The summed E-state index contributed by atoms with van der Waals surface area (Å²) in [5, 5.41) is 13.2. The zero-order chi connectivity index (χ0) is 29.0. The van der Waals surface area contributed by atoms with Crippen LogP contribution in [0.3, 0.4) is 0 Å². The molecule has 0 aliphatic heterocycles. The van der Waals surface area contributed by atoms with Crippen molar-refractivity contribution < 1.29 is 28.8 Å². The van der Waals surface area contributed by atoms with E-state index >= 15 is 0 Å².